The lowest BCUT2D eigenvalue weighted by molar-refractivity contribution is -0.134. The zero-order valence-electron chi connectivity index (χ0n) is 16.5. The summed E-state index contributed by atoms with van der Waals surface area (Å²) in [5, 5.41) is 0. The van der Waals surface area contributed by atoms with Gasteiger partial charge in [-0.2, -0.15) is 17.4 Å². The summed E-state index contributed by atoms with van der Waals surface area (Å²) in [6.45, 7) is 3.18. The minimum absolute atomic E-state index is 0.301. The summed E-state index contributed by atoms with van der Waals surface area (Å²) >= 11 is 0. The summed E-state index contributed by atoms with van der Waals surface area (Å²) in [7, 11) is -2.03. The molecule has 152 valence electrons. The van der Waals surface area contributed by atoms with Gasteiger partial charge in [0.1, 0.15) is 0 Å². The van der Waals surface area contributed by atoms with Crippen molar-refractivity contribution in [3.63, 3.8) is 0 Å². The molecule has 0 amide bonds. The Morgan fingerprint density at radius 3 is 2.68 bits per heavy atom. The molecule has 1 saturated heterocycles. The van der Waals surface area contributed by atoms with Crippen LogP contribution in [-0.4, -0.2) is 44.4 Å². The molecule has 1 N–H and O–H groups in total. The van der Waals surface area contributed by atoms with E-state index in [0.29, 0.717) is 24.9 Å². The summed E-state index contributed by atoms with van der Waals surface area (Å²) < 4.78 is 34.8. The standard InChI is InChI=1S/C21H28N2O4S/c1-3-10-23-14-21(22-28(23,25)26)18-7-8-19(21)13-17-11-15(4-6-16(17)12-18)5-9-20(24)27-2/h4-6,9,11,18-19,22H,3,7-8,10,12-14H2,1-2H3/b9-5+/t18-,19+,21+/m0/s1. The largest absolute Gasteiger partial charge is 0.466 e. The SMILES string of the molecule is CCCN1C[C@]2(NS1(=O)=O)[C@@H]1CC[C@H]2Cc2ccc(/C=C/C(=O)OC)cc2C1. The smallest absolute Gasteiger partial charge is 0.330 e. The molecule has 1 aromatic carbocycles. The van der Waals surface area contributed by atoms with Crippen LogP contribution in [0.2, 0.25) is 0 Å². The molecule has 1 aliphatic heterocycles. The maximum Gasteiger partial charge on any atom is 0.330 e. The Balaban J connectivity index is 1.63. The molecule has 0 aromatic heterocycles. The number of hydrogen-bond donors (Lipinski definition) is 1. The first kappa shape index (κ1) is 19.6. The van der Waals surface area contributed by atoms with Crippen LogP contribution in [0.25, 0.3) is 6.08 Å². The second-order valence-corrected chi connectivity index (χ2v) is 9.92. The van der Waals surface area contributed by atoms with Crippen LogP contribution in [0.5, 0.6) is 0 Å². The highest BCUT2D eigenvalue weighted by Gasteiger charge is 2.59. The lowest BCUT2D eigenvalue weighted by Crippen LogP contribution is -2.52. The van der Waals surface area contributed by atoms with Gasteiger partial charge < -0.3 is 4.74 Å². The molecule has 1 spiro atoms. The van der Waals surface area contributed by atoms with Gasteiger partial charge in [0.25, 0.3) is 10.2 Å². The molecule has 7 heteroatoms. The van der Waals surface area contributed by atoms with E-state index in [9.17, 15) is 13.2 Å². The van der Waals surface area contributed by atoms with Gasteiger partial charge in [0, 0.05) is 19.2 Å². The Morgan fingerprint density at radius 1 is 1.29 bits per heavy atom. The lowest BCUT2D eigenvalue weighted by atomic mass is 9.79. The number of benzene rings is 1. The average Bonchev–Trinajstić information content (AvgIpc) is 3.05. The van der Waals surface area contributed by atoms with Crippen LogP contribution in [0, 0.1) is 11.8 Å². The highest BCUT2D eigenvalue weighted by Crippen LogP contribution is 2.50. The van der Waals surface area contributed by atoms with Crippen molar-refractivity contribution in [1.82, 2.24) is 9.03 Å². The molecule has 28 heavy (non-hydrogen) atoms. The summed E-state index contributed by atoms with van der Waals surface area (Å²) in [4.78, 5) is 11.4. The molecule has 0 unspecified atom stereocenters. The van der Waals surface area contributed by atoms with Crippen LogP contribution < -0.4 is 4.72 Å². The first-order valence-electron chi connectivity index (χ1n) is 10.0. The molecule has 0 radical (unpaired) electrons. The van der Waals surface area contributed by atoms with Gasteiger partial charge >= 0.3 is 5.97 Å². The second-order valence-electron chi connectivity index (χ2n) is 8.25. The third-order valence-electron chi connectivity index (χ3n) is 6.67. The first-order chi connectivity index (χ1) is 13.4. The molecule has 2 fully saturated rings. The van der Waals surface area contributed by atoms with Crippen molar-refractivity contribution in [2.24, 2.45) is 11.8 Å². The number of esters is 1. The van der Waals surface area contributed by atoms with Crippen molar-refractivity contribution >= 4 is 22.3 Å². The molecule has 2 bridgehead atoms. The van der Waals surface area contributed by atoms with E-state index in [-0.39, 0.29) is 11.5 Å². The number of carbonyl (C=O) groups excluding carboxylic acids is 1. The van der Waals surface area contributed by atoms with Crippen LogP contribution in [0.15, 0.2) is 24.3 Å². The summed E-state index contributed by atoms with van der Waals surface area (Å²) in [5.74, 6) is 0.256. The van der Waals surface area contributed by atoms with E-state index in [1.807, 2.05) is 13.0 Å². The molecule has 1 heterocycles. The van der Waals surface area contributed by atoms with Gasteiger partial charge in [0.05, 0.1) is 12.6 Å². The number of rotatable bonds is 4. The van der Waals surface area contributed by atoms with Crippen molar-refractivity contribution in [2.45, 2.75) is 44.6 Å². The third kappa shape index (κ3) is 3.29. The van der Waals surface area contributed by atoms with E-state index >= 15 is 0 Å². The molecule has 3 atom stereocenters. The van der Waals surface area contributed by atoms with E-state index in [2.05, 4.69) is 21.6 Å². The van der Waals surface area contributed by atoms with Crippen LogP contribution >= 0.6 is 0 Å². The zero-order chi connectivity index (χ0) is 19.9. The highest BCUT2D eigenvalue weighted by atomic mass is 32.2. The van der Waals surface area contributed by atoms with Crippen LogP contribution in [0.3, 0.4) is 0 Å². The number of ether oxygens (including phenoxy) is 1. The molecule has 3 aliphatic rings. The summed E-state index contributed by atoms with van der Waals surface area (Å²) in [5.41, 5.74) is 3.19. The second kappa shape index (κ2) is 7.28. The van der Waals surface area contributed by atoms with Gasteiger partial charge in [-0.25, -0.2) is 4.79 Å². The average molecular weight is 405 g/mol. The maximum atomic E-state index is 12.7. The van der Waals surface area contributed by atoms with Gasteiger partial charge in [-0.3, -0.25) is 0 Å². The summed E-state index contributed by atoms with van der Waals surface area (Å²) in [6.07, 6.45) is 7.91. The summed E-state index contributed by atoms with van der Waals surface area (Å²) in [6, 6.07) is 6.29. The van der Waals surface area contributed by atoms with Crippen molar-refractivity contribution in [2.75, 3.05) is 20.2 Å². The minimum Gasteiger partial charge on any atom is -0.466 e. The molecular weight excluding hydrogens is 376 g/mol. The fraction of sp³-hybridized carbons (Fsp3) is 0.571. The number of methoxy groups -OCH3 is 1. The van der Waals surface area contributed by atoms with E-state index in [1.54, 1.807) is 10.4 Å². The molecule has 4 rings (SSSR count). The number of nitrogens with one attached hydrogen (secondary N) is 1. The van der Waals surface area contributed by atoms with Gasteiger partial charge in [-0.15, -0.1) is 0 Å². The molecule has 6 nitrogen and oxygen atoms in total. The number of nitrogens with zero attached hydrogens (tertiary/aromatic N) is 1. The highest BCUT2D eigenvalue weighted by molar-refractivity contribution is 7.87. The predicted molar refractivity (Wildman–Crippen MR) is 108 cm³/mol. The van der Waals surface area contributed by atoms with Crippen LogP contribution in [0.4, 0.5) is 0 Å². The van der Waals surface area contributed by atoms with E-state index in [4.69, 9.17) is 0 Å². The van der Waals surface area contributed by atoms with Gasteiger partial charge in [-0.1, -0.05) is 25.1 Å². The van der Waals surface area contributed by atoms with Crippen molar-refractivity contribution in [1.29, 1.82) is 0 Å². The molecule has 1 aromatic rings. The Kier molecular flexibility index (Phi) is 5.10. The topological polar surface area (TPSA) is 75.7 Å². The van der Waals surface area contributed by atoms with Crippen LogP contribution in [0.1, 0.15) is 42.9 Å². The predicted octanol–water partition coefficient (Wildman–Crippen LogP) is 2.30. The fourth-order valence-electron chi connectivity index (χ4n) is 5.31. The molecule has 2 aliphatic carbocycles. The number of carbonyl (C=O) groups is 1. The van der Waals surface area contributed by atoms with Crippen molar-refractivity contribution in [3.05, 3.63) is 41.0 Å². The van der Waals surface area contributed by atoms with E-state index in [0.717, 1.165) is 37.7 Å². The number of hydrogen-bond acceptors (Lipinski definition) is 4. The van der Waals surface area contributed by atoms with Crippen molar-refractivity contribution in [3.8, 4) is 0 Å². The third-order valence-corrected chi connectivity index (χ3v) is 8.30. The fourth-order valence-corrected chi connectivity index (χ4v) is 7.12. The Hall–Kier alpha value is -1.70. The maximum absolute atomic E-state index is 12.7. The van der Waals surface area contributed by atoms with E-state index in [1.165, 1.54) is 24.3 Å². The van der Waals surface area contributed by atoms with E-state index < -0.39 is 10.2 Å². The van der Waals surface area contributed by atoms with Crippen molar-refractivity contribution < 1.29 is 17.9 Å². The first-order valence-corrected chi connectivity index (χ1v) is 11.5. The Morgan fingerprint density at radius 2 is 2.00 bits per heavy atom. The lowest BCUT2D eigenvalue weighted by Gasteiger charge is -2.33. The minimum atomic E-state index is -3.40. The molecular formula is C21H28N2O4S. The quantitative estimate of drug-likeness (QED) is 0.617. The zero-order valence-corrected chi connectivity index (χ0v) is 17.3. The Bertz CT molecular complexity index is 911. The normalized spacial score (nSPS) is 31.2. The Labute approximate surface area is 167 Å². The van der Waals surface area contributed by atoms with Gasteiger partial charge in [0.2, 0.25) is 0 Å². The number of fused-ring (bicyclic) bond motifs is 1. The van der Waals surface area contributed by atoms with Crippen LogP contribution in [-0.2, 0) is 32.6 Å². The molecule has 1 saturated carbocycles. The van der Waals surface area contributed by atoms with Gasteiger partial charge in [0.15, 0.2) is 0 Å². The van der Waals surface area contributed by atoms with Gasteiger partial charge in [-0.05, 0) is 66.7 Å². The monoisotopic (exact) mass is 404 g/mol.